The van der Waals surface area contributed by atoms with Gasteiger partial charge in [-0.3, -0.25) is 13.8 Å². The van der Waals surface area contributed by atoms with Gasteiger partial charge in [0.2, 0.25) is 5.91 Å². The van der Waals surface area contributed by atoms with Crippen LogP contribution in [0.2, 0.25) is 0 Å². The predicted molar refractivity (Wildman–Crippen MR) is 89.1 cm³/mol. The van der Waals surface area contributed by atoms with Crippen LogP contribution in [0, 0.1) is 5.41 Å². The number of hydrogen-bond acceptors (Lipinski definition) is 6. The number of phosphoric ester groups is 1. The molecule has 0 spiro atoms. The van der Waals surface area contributed by atoms with Gasteiger partial charge in [-0.15, -0.1) is 0 Å². The third kappa shape index (κ3) is 10.4. The van der Waals surface area contributed by atoms with E-state index in [9.17, 15) is 19.4 Å². The Labute approximate surface area is 143 Å². The Balaban J connectivity index is 3.97. The molecule has 9 nitrogen and oxygen atoms in total. The Morgan fingerprint density at radius 1 is 1.25 bits per heavy atom. The van der Waals surface area contributed by atoms with E-state index in [1.54, 1.807) is 13.8 Å². The normalized spacial score (nSPS) is 16.5. The largest absolute Gasteiger partial charge is 0.472 e. The van der Waals surface area contributed by atoms with Gasteiger partial charge in [0.05, 0.1) is 34.4 Å². The van der Waals surface area contributed by atoms with Gasteiger partial charge >= 0.3 is 7.82 Å². The summed E-state index contributed by atoms with van der Waals surface area (Å²) in [4.78, 5) is 21.2. The molecule has 1 amide bonds. The number of aliphatic hydroxyl groups excluding tert-OH is 2. The fourth-order valence-electron chi connectivity index (χ4n) is 1.47. The van der Waals surface area contributed by atoms with Crippen molar-refractivity contribution in [3.63, 3.8) is 0 Å². The minimum absolute atomic E-state index is 0.0715. The fourth-order valence-corrected chi connectivity index (χ4v) is 2.22. The zero-order chi connectivity index (χ0) is 19.0. The van der Waals surface area contributed by atoms with Crippen LogP contribution in [0.4, 0.5) is 0 Å². The maximum Gasteiger partial charge on any atom is 0.472 e. The molecule has 0 saturated carbocycles. The molecule has 0 aliphatic heterocycles. The molecule has 0 saturated heterocycles. The number of phosphoric acid groups is 1. The standard InChI is InChI=1S/C14H31N2O7P/c1-14(2,11-17)12(18)13(19)15-7-6-9-22-24(20,21)23-10-8-16(3,4)5/h12,17-18H,6-11H2,1-5H3,(H-,15,19,20,21)/p+1/t12-/m0/s1. The van der Waals surface area contributed by atoms with Crippen molar-refractivity contribution in [3.8, 4) is 0 Å². The number of carbonyl (C=O) groups is 1. The highest BCUT2D eigenvalue weighted by atomic mass is 31.2. The Hall–Kier alpha value is -0.540. The summed E-state index contributed by atoms with van der Waals surface area (Å²) in [5.41, 5.74) is -0.944. The third-order valence-corrected chi connectivity index (χ3v) is 4.31. The second kappa shape index (κ2) is 9.82. The van der Waals surface area contributed by atoms with Crippen molar-refractivity contribution in [3.05, 3.63) is 0 Å². The molecule has 0 aromatic carbocycles. The quantitative estimate of drug-likeness (QED) is 0.211. The predicted octanol–water partition coefficient (Wildman–Crippen LogP) is -0.288. The van der Waals surface area contributed by atoms with E-state index in [1.807, 2.05) is 21.1 Å². The summed E-state index contributed by atoms with van der Waals surface area (Å²) >= 11 is 0. The second-order valence-electron chi connectivity index (χ2n) is 7.34. The molecule has 0 fully saturated rings. The molecule has 0 aromatic heterocycles. The fraction of sp³-hybridized carbons (Fsp3) is 0.929. The zero-order valence-electron chi connectivity index (χ0n) is 15.2. The van der Waals surface area contributed by atoms with Gasteiger partial charge < -0.3 is 24.9 Å². The van der Waals surface area contributed by atoms with Crippen molar-refractivity contribution in [2.24, 2.45) is 5.41 Å². The number of nitrogens with zero attached hydrogens (tertiary/aromatic N) is 1. The molecule has 0 aliphatic carbocycles. The molecule has 0 bridgehead atoms. The Morgan fingerprint density at radius 3 is 2.29 bits per heavy atom. The number of carbonyl (C=O) groups excluding carboxylic acids is 1. The lowest BCUT2D eigenvalue weighted by Crippen LogP contribution is -2.45. The molecule has 0 aromatic rings. The van der Waals surface area contributed by atoms with Gasteiger partial charge in [0.25, 0.3) is 0 Å². The number of rotatable bonds is 12. The highest BCUT2D eigenvalue weighted by Gasteiger charge is 2.32. The van der Waals surface area contributed by atoms with Gasteiger partial charge in [-0.1, -0.05) is 13.8 Å². The van der Waals surface area contributed by atoms with Gasteiger partial charge in [0.15, 0.2) is 0 Å². The van der Waals surface area contributed by atoms with Crippen LogP contribution in [0.1, 0.15) is 20.3 Å². The van der Waals surface area contributed by atoms with Crippen LogP contribution in [0.5, 0.6) is 0 Å². The molecule has 24 heavy (non-hydrogen) atoms. The number of nitrogens with one attached hydrogen (secondary N) is 1. The molecule has 0 rings (SSSR count). The lowest BCUT2D eigenvalue weighted by Gasteiger charge is -2.27. The van der Waals surface area contributed by atoms with Crippen LogP contribution in [-0.4, -0.2) is 85.7 Å². The van der Waals surface area contributed by atoms with Crippen LogP contribution in [0.25, 0.3) is 0 Å². The van der Waals surface area contributed by atoms with Crippen molar-refractivity contribution in [2.45, 2.75) is 26.4 Å². The number of likely N-dealkylation sites (N-methyl/N-ethyl adjacent to an activating group) is 1. The SMILES string of the molecule is CC(C)(CO)[C@@H](O)C(=O)NCCCOP(=O)(O)OCC[N+](C)(C)C. The van der Waals surface area contributed by atoms with E-state index in [0.29, 0.717) is 11.0 Å². The first-order valence-electron chi connectivity index (χ1n) is 7.80. The van der Waals surface area contributed by atoms with Crippen molar-refractivity contribution in [2.75, 3.05) is 54.1 Å². The van der Waals surface area contributed by atoms with E-state index in [0.717, 1.165) is 0 Å². The van der Waals surface area contributed by atoms with E-state index in [4.69, 9.17) is 14.2 Å². The Kier molecular flexibility index (Phi) is 9.60. The highest BCUT2D eigenvalue weighted by Crippen LogP contribution is 2.42. The topological polar surface area (TPSA) is 125 Å². The van der Waals surface area contributed by atoms with Crippen molar-refractivity contribution >= 4 is 13.7 Å². The summed E-state index contributed by atoms with van der Waals surface area (Å²) in [5.74, 6) is -0.611. The average Bonchev–Trinajstić information content (AvgIpc) is 2.44. The van der Waals surface area contributed by atoms with E-state index in [1.165, 1.54) is 0 Å². The summed E-state index contributed by atoms with van der Waals surface area (Å²) < 4.78 is 21.9. The monoisotopic (exact) mass is 371 g/mol. The van der Waals surface area contributed by atoms with Gasteiger partial charge in [0, 0.05) is 12.0 Å². The molecule has 4 N–H and O–H groups in total. The van der Waals surface area contributed by atoms with Crippen LogP contribution in [-0.2, 0) is 18.4 Å². The molecule has 0 heterocycles. The number of hydrogen-bond donors (Lipinski definition) is 4. The molecular weight excluding hydrogens is 339 g/mol. The third-order valence-electron chi connectivity index (χ3n) is 3.29. The number of quaternary nitrogens is 1. The van der Waals surface area contributed by atoms with Crippen LogP contribution in [0.15, 0.2) is 0 Å². The van der Waals surface area contributed by atoms with E-state index in [-0.39, 0.29) is 32.8 Å². The summed E-state index contributed by atoms with van der Waals surface area (Å²) in [5, 5.41) is 21.4. The molecular formula is C14H32N2O7P+. The zero-order valence-corrected chi connectivity index (χ0v) is 16.1. The maximum absolute atomic E-state index is 11.7. The molecule has 144 valence electrons. The smallest absolute Gasteiger partial charge is 0.396 e. The van der Waals surface area contributed by atoms with Crippen molar-refractivity contribution in [1.29, 1.82) is 0 Å². The van der Waals surface area contributed by atoms with Crippen LogP contribution >= 0.6 is 7.82 Å². The van der Waals surface area contributed by atoms with Gasteiger partial charge in [-0.2, -0.15) is 0 Å². The molecule has 0 aliphatic rings. The maximum atomic E-state index is 11.7. The van der Waals surface area contributed by atoms with Gasteiger partial charge in [-0.05, 0) is 6.42 Å². The lowest BCUT2D eigenvalue weighted by atomic mass is 9.87. The minimum Gasteiger partial charge on any atom is -0.396 e. The Bertz CT molecular complexity index is 437. The van der Waals surface area contributed by atoms with E-state index in [2.05, 4.69) is 5.32 Å². The van der Waals surface area contributed by atoms with Crippen molar-refractivity contribution < 1.29 is 38.0 Å². The van der Waals surface area contributed by atoms with Crippen LogP contribution < -0.4 is 5.32 Å². The molecule has 2 atom stereocenters. The Morgan fingerprint density at radius 2 is 1.79 bits per heavy atom. The first-order valence-corrected chi connectivity index (χ1v) is 9.29. The minimum atomic E-state index is -4.10. The molecule has 1 unspecified atom stereocenters. The first kappa shape index (κ1) is 23.5. The van der Waals surface area contributed by atoms with Crippen LogP contribution in [0.3, 0.4) is 0 Å². The van der Waals surface area contributed by atoms with E-state index >= 15 is 0 Å². The van der Waals surface area contributed by atoms with Crippen molar-refractivity contribution in [1.82, 2.24) is 5.32 Å². The number of aliphatic hydroxyl groups is 2. The summed E-state index contributed by atoms with van der Waals surface area (Å²) in [6.45, 7) is 3.54. The number of amides is 1. The highest BCUT2D eigenvalue weighted by molar-refractivity contribution is 7.47. The average molecular weight is 371 g/mol. The summed E-state index contributed by atoms with van der Waals surface area (Å²) in [6, 6.07) is 0. The summed E-state index contributed by atoms with van der Waals surface area (Å²) in [6.07, 6.45) is -1.06. The first-order chi connectivity index (χ1) is 10.8. The van der Waals surface area contributed by atoms with Gasteiger partial charge in [-0.25, -0.2) is 4.57 Å². The van der Waals surface area contributed by atoms with E-state index < -0.39 is 25.2 Å². The second-order valence-corrected chi connectivity index (χ2v) is 8.80. The molecule has 10 heteroatoms. The summed E-state index contributed by atoms with van der Waals surface area (Å²) in [7, 11) is 1.70. The lowest BCUT2D eigenvalue weighted by molar-refractivity contribution is -0.870. The molecule has 0 radical (unpaired) electrons. The van der Waals surface area contributed by atoms with Gasteiger partial charge in [0.1, 0.15) is 19.3 Å².